The van der Waals surface area contributed by atoms with Gasteiger partial charge >= 0.3 is 12.2 Å². The van der Waals surface area contributed by atoms with Crippen molar-refractivity contribution >= 4 is 23.2 Å². The van der Waals surface area contributed by atoms with Crippen molar-refractivity contribution in [1.29, 1.82) is 0 Å². The highest BCUT2D eigenvalue weighted by molar-refractivity contribution is 6.08. The van der Waals surface area contributed by atoms with E-state index in [1.165, 1.54) is 13.2 Å². The van der Waals surface area contributed by atoms with E-state index in [-0.39, 0.29) is 35.8 Å². The number of amides is 2. The smallest absolute Gasteiger partial charge is 0.421 e. The van der Waals surface area contributed by atoms with Gasteiger partial charge in [-0.1, -0.05) is 0 Å². The Morgan fingerprint density at radius 1 is 0.921 bits per heavy atom. The zero-order valence-corrected chi connectivity index (χ0v) is 19.4. The quantitative estimate of drug-likeness (QED) is 0.383. The average Bonchev–Trinajstić information content (AvgIpc) is 2.85. The number of pyridine rings is 1. The molecule has 1 aliphatic heterocycles. The number of alkyl halides is 4. The van der Waals surface area contributed by atoms with Gasteiger partial charge in [0.2, 0.25) is 5.91 Å². The summed E-state index contributed by atoms with van der Waals surface area (Å²) in [5.74, 6) is -5.29. The number of aromatic nitrogens is 1. The van der Waals surface area contributed by atoms with Gasteiger partial charge in [-0.2, -0.15) is 17.6 Å². The number of fused-ring (bicyclic) bond motifs is 1. The van der Waals surface area contributed by atoms with Crippen LogP contribution in [0.2, 0.25) is 0 Å². The standard InChI is InChI=1S/C24H18F6N4O4/c1-31-21(35)8-14-6-12(4-5-32-14)11-33-18-10-17(26)16(25)9-15(18)22(36)34-13-2-3-19-20(7-13)38-24(29,30)23(27,28)37-19/h2-7,9-10,33H,8,11H2,1H3,(H,31,35)(H,34,36). The van der Waals surface area contributed by atoms with E-state index in [2.05, 4.69) is 30.4 Å². The first-order valence-electron chi connectivity index (χ1n) is 10.8. The van der Waals surface area contributed by atoms with Crippen LogP contribution in [0, 0.1) is 11.6 Å². The van der Waals surface area contributed by atoms with Crippen molar-refractivity contribution in [3.05, 3.63) is 77.1 Å². The minimum Gasteiger partial charge on any atom is -0.421 e. The molecule has 1 aromatic heterocycles. The molecule has 0 fully saturated rings. The van der Waals surface area contributed by atoms with Gasteiger partial charge < -0.3 is 25.4 Å². The Bertz CT molecular complexity index is 1400. The molecule has 0 unspecified atom stereocenters. The molecule has 3 N–H and O–H groups in total. The Balaban J connectivity index is 1.53. The summed E-state index contributed by atoms with van der Waals surface area (Å²) in [5, 5.41) is 7.56. The van der Waals surface area contributed by atoms with E-state index in [1.54, 1.807) is 12.1 Å². The summed E-state index contributed by atoms with van der Waals surface area (Å²) in [7, 11) is 1.47. The zero-order valence-electron chi connectivity index (χ0n) is 19.4. The van der Waals surface area contributed by atoms with Crippen LogP contribution in [0.25, 0.3) is 0 Å². The summed E-state index contributed by atoms with van der Waals surface area (Å²) in [6.45, 7) is 0.0297. The molecule has 14 heteroatoms. The van der Waals surface area contributed by atoms with E-state index >= 15 is 0 Å². The monoisotopic (exact) mass is 540 g/mol. The Labute approximate surface area is 211 Å². The summed E-state index contributed by atoms with van der Waals surface area (Å²) in [5.41, 5.74) is 0.417. The number of hydrogen-bond donors (Lipinski definition) is 3. The second-order valence-electron chi connectivity index (χ2n) is 8.02. The number of carbonyl (C=O) groups is 2. The summed E-state index contributed by atoms with van der Waals surface area (Å²) in [6.07, 6.45) is -8.40. The van der Waals surface area contributed by atoms with Gasteiger partial charge in [-0.05, 0) is 35.9 Å². The Morgan fingerprint density at radius 3 is 2.32 bits per heavy atom. The molecule has 0 spiro atoms. The van der Waals surface area contributed by atoms with Crippen molar-refractivity contribution in [1.82, 2.24) is 10.3 Å². The summed E-state index contributed by atoms with van der Waals surface area (Å²) < 4.78 is 89.7. The van der Waals surface area contributed by atoms with Crippen LogP contribution < -0.4 is 25.4 Å². The lowest BCUT2D eigenvalue weighted by molar-refractivity contribution is -0.391. The van der Waals surface area contributed by atoms with Crippen LogP contribution in [0.4, 0.5) is 37.7 Å². The van der Waals surface area contributed by atoms with Gasteiger partial charge in [0.25, 0.3) is 5.91 Å². The predicted octanol–water partition coefficient (Wildman–Crippen LogP) is 4.47. The normalized spacial score (nSPS) is 14.9. The first kappa shape index (κ1) is 26.6. The third-order valence-corrected chi connectivity index (χ3v) is 5.31. The Hall–Kier alpha value is -4.49. The molecule has 0 bridgehead atoms. The predicted molar refractivity (Wildman–Crippen MR) is 121 cm³/mol. The van der Waals surface area contributed by atoms with Gasteiger partial charge in [0, 0.05) is 43.3 Å². The molecule has 4 rings (SSSR count). The molecule has 8 nitrogen and oxygen atoms in total. The van der Waals surface area contributed by atoms with Gasteiger partial charge in [0.05, 0.1) is 17.7 Å². The molecule has 3 aromatic rings. The lowest BCUT2D eigenvalue weighted by Gasteiger charge is -2.31. The van der Waals surface area contributed by atoms with Crippen LogP contribution in [-0.2, 0) is 17.8 Å². The first-order chi connectivity index (χ1) is 17.9. The highest BCUT2D eigenvalue weighted by Gasteiger charge is 2.65. The van der Waals surface area contributed by atoms with Gasteiger partial charge in [0.15, 0.2) is 23.1 Å². The molecule has 0 saturated heterocycles. The van der Waals surface area contributed by atoms with E-state index in [4.69, 9.17) is 0 Å². The second-order valence-corrected chi connectivity index (χ2v) is 8.02. The van der Waals surface area contributed by atoms with E-state index in [0.29, 0.717) is 17.3 Å². The van der Waals surface area contributed by atoms with Crippen LogP contribution in [0.1, 0.15) is 21.6 Å². The minimum absolute atomic E-state index is 0.0161. The van der Waals surface area contributed by atoms with Gasteiger partial charge in [0.1, 0.15) is 0 Å². The molecule has 0 atom stereocenters. The number of rotatable bonds is 7. The fraction of sp³-hybridized carbons (Fsp3) is 0.208. The van der Waals surface area contributed by atoms with Crippen LogP contribution in [0.5, 0.6) is 11.5 Å². The fourth-order valence-electron chi connectivity index (χ4n) is 3.41. The summed E-state index contributed by atoms with van der Waals surface area (Å²) in [6, 6.07) is 7.35. The molecular weight excluding hydrogens is 522 g/mol. The van der Waals surface area contributed by atoms with Crippen molar-refractivity contribution in [3.8, 4) is 11.5 Å². The highest BCUT2D eigenvalue weighted by Crippen LogP contribution is 2.47. The largest absolute Gasteiger partial charge is 0.507 e. The maximum Gasteiger partial charge on any atom is 0.507 e. The van der Waals surface area contributed by atoms with Crippen molar-refractivity contribution in [2.45, 2.75) is 25.2 Å². The van der Waals surface area contributed by atoms with Gasteiger partial charge in [-0.15, -0.1) is 0 Å². The number of carbonyl (C=O) groups excluding carboxylic acids is 2. The molecule has 0 saturated carbocycles. The molecule has 2 aromatic carbocycles. The lowest BCUT2D eigenvalue weighted by Crippen LogP contribution is -2.52. The van der Waals surface area contributed by atoms with Crippen molar-refractivity contribution < 1.29 is 45.4 Å². The molecule has 0 radical (unpaired) electrons. The van der Waals surface area contributed by atoms with Crippen LogP contribution in [-0.4, -0.2) is 36.1 Å². The zero-order chi connectivity index (χ0) is 27.7. The first-order valence-corrected chi connectivity index (χ1v) is 10.8. The number of benzene rings is 2. The van der Waals surface area contributed by atoms with Gasteiger partial charge in [-0.25, -0.2) is 8.78 Å². The fourth-order valence-corrected chi connectivity index (χ4v) is 3.41. The molecule has 38 heavy (non-hydrogen) atoms. The molecular formula is C24H18F6N4O4. The summed E-state index contributed by atoms with van der Waals surface area (Å²) in [4.78, 5) is 28.5. The van der Waals surface area contributed by atoms with Crippen molar-refractivity contribution in [2.75, 3.05) is 17.7 Å². The number of hydrogen-bond acceptors (Lipinski definition) is 6. The number of likely N-dealkylation sites (N-methyl/N-ethyl adjacent to an activating group) is 1. The number of ether oxygens (including phenoxy) is 2. The number of halogens is 6. The second kappa shape index (κ2) is 10.1. The maximum atomic E-state index is 14.0. The van der Waals surface area contributed by atoms with E-state index in [9.17, 15) is 35.9 Å². The molecule has 1 aliphatic rings. The average molecular weight is 540 g/mol. The third kappa shape index (κ3) is 5.58. The highest BCUT2D eigenvalue weighted by atomic mass is 19.3. The Kier molecular flexibility index (Phi) is 7.07. The molecule has 200 valence electrons. The van der Waals surface area contributed by atoms with Crippen LogP contribution in [0.15, 0.2) is 48.7 Å². The number of nitrogens with one attached hydrogen (secondary N) is 3. The third-order valence-electron chi connectivity index (χ3n) is 5.31. The molecule has 0 aliphatic carbocycles. The van der Waals surface area contributed by atoms with Crippen LogP contribution in [0.3, 0.4) is 0 Å². The van der Waals surface area contributed by atoms with E-state index < -0.39 is 41.3 Å². The van der Waals surface area contributed by atoms with Crippen molar-refractivity contribution in [2.24, 2.45) is 0 Å². The maximum absolute atomic E-state index is 14.0. The Morgan fingerprint density at radius 2 is 1.61 bits per heavy atom. The van der Waals surface area contributed by atoms with Crippen LogP contribution >= 0.6 is 0 Å². The summed E-state index contributed by atoms with van der Waals surface area (Å²) >= 11 is 0. The van der Waals surface area contributed by atoms with E-state index in [1.807, 2.05) is 0 Å². The minimum atomic E-state index is -4.97. The number of anilines is 2. The molecule has 2 heterocycles. The van der Waals surface area contributed by atoms with Gasteiger partial charge in [-0.3, -0.25) is 14.6 Å². The lowest BCUT2D eigenvalue weighted by atomic mass is 10.1. The molecule has 2 amide bonds. The number of nitrogens with zero attached hydrogens (tertiary/aromatic N) is 1. The topological polar surface area (TPSA) is 102 Å². The van der Waals surface area contributed by atoms with Crippen molar-refractivity contribution in [3.63, 3.8) is 0 Å². The SMILES string of the molecule is CNC(=O)Cc1cc(CNc2cc(F)c(F)cc2C(=O)Nc2ccc3c(c2)OC(F)(F)C(F)(F)O3)ccn1. The van der Waals surface area contributed by atoms with E-state index in [0.717, 1.165) is 24.3 Å².